The summed E-state index contributed by atoms with van der Waals surface area (Å²) in [6.45, 7) is 40.5. The summed E-state index contributed by atoms with van der Waals surface area (Å²) in [5.74, 6) is 0. The van der Waals surface area contributed by atoms with Gasteiger partial charge in [-0.2, -0.15) is 0 Å². The zero-order chi connectivity index (χ0) is 50.0. The number of benzene rings is 7. The molecule has 0 bridgehead atoms. The quantitative estimate of drug-likeness (QED) is 0.149. The molecule has 0 amide bonds. The summed E-state index contributed by atoms with van der Waals surface area (Å²) in [6, 6.07) is 47.4. The highest BCUT2D eigenvalue weighted by Gasteiger charge is 2.45. The summed E-state index contributed by atoms with van der Waals surface area (Å²) in [7, 11) is 0. The van der Waals surface area contributed by atoms with Crippen LogP contribution in [0.4, 0.5) is 34.1 Å². The number of rotatable bonds is 7. The molecular formula is C66H62BN3O. The number of hydrogen-bond donors (Lipinski definition) is 0. The van der Waals surface area contributed by atoms with Gasteiger partial charge in [0.2, 0.25) is 0 Å². The number of para-hydroxylation sites is 3. The number of aryl methyl sites for hydroxylation is 4. The Labute approximate surface area is 420 Å². The van der Waals surface area contributed by atoms with Crippen molar-refractivity contribution in [2.24, 2.45) is 0 Å². The number of anilines is 6. The lowest BCUT2D eigenvalue weighted by Gasteiger charge is -2.46. The molecule has 7 aromatic carbocycles. The zero-order valence-electron chi connectivity index (χ0n) is 43.0. The van der Waals surface area contributed by atoms with Gasteiger partial charge in [0.05, 0.1) is 22.6 Å². The molecule has 350 valence electrons. The summed E-state index contributed by atoms with van der Waals surface area (Å²) in [6.07, 6.45) is 5.94. The van der Waals surface area contributed by atoms with Crippen LogP contribution in [0.1, 0.15) is 91.7 Å². The highest BCUT2D eigenvalue weighted by Crippen LogP contribution is 2.49. The predicted octanol–water partition coefficient (Wildman–Crippen LogP) is 14.4. The Kier molecular flexibility index (Phi) is 10.6. The van der Waals surface area contributed by atoms with Gasteiger partial charge in [0.15, 0.2) is 0 Å². The van der Waals surface area contributed by atoms with Crippen LogP contribution in [0.15, 0.2) is 158 Å². The number of aromatic nitrogens is 1. The Morgan fingerprint density at radius 3 is 1.80 bits per heavy atom. The fraction of sp³-hybridized carbons (Fsp3) is 0.182. The van der Waals surface area contributed by atoms with Crippen molar-refractivity contribution in [3.63, 3.8) is 0 Å². The molecule has 0 saturated carbocycles. The Morgan fingerprint density at radius 1 is 0.563 bits per heavy atom. The van der Waals surface area contributed by atoms with E-state index >= 15 is 0 Å². The third-order valence-electron chi connectivity index (χ3n) is 15.2. The van der Waals surface area contributed by atoms with Gasteiger partial charge in [-0.05, 0) is 155 Å². The standard InChI is InChI=1S/C66H62BN3O/c1-15-48(64-43(8)50-28-21-22-29-60(50)71-64)44-32-41(6)63(42(7)33-44)70-57-38-55-51(49(16-2)54(17-3)69(55)62-39(4)24-23-25-40(62)5)37-53(57)67-52-31-30-45(65(9,10)11)34-56(52)68(47-26-19-18-20-27-47)58-35-46(66(12,13)14)36-59(70)61(58)67/h15-38H,1-3,8H2,4-7,9-14H3/b64-48-. The van der Waals surface area contributed by atoms with E-state index in [0.717, 1.165) is 88.8 Å². The van der Waals surface area contributed by atoms with Crippen LogP contribution in [0, 0.1) is 27.7 Å². The lowest BCUT2D eigenvalue weighted by Crippen LogP contribution is -2.61. The Balaban J connectivity index is 1.30. The molecule has 0 unspecified atom stereocenters. The SMILES string of the molecule is C=C/C(c1cc(C)c(N2c3cc4c(cc3B3c5ccc(C(C)(C)C)cc5N(c5ccccc5)c5cc(C(C)(C)C)cc2c53)c(C=C)c(C=C)n4-c2c(C)cccc2C)c(C)c1)=c1/oc2ccccc2c1=C. The maximum Gasteiger partial charge on any atom is 0.252 e. The lowest BCUT2D eigenvalue weighted by atomic mass is 9.33. The van der Waals surface area contributed by atoms with Gasteiger partial charge in [-0.1, -0.05) is 153 Å². The van der Waals surface area contributed by atoms with Crippen molar-refractivity contribution in [3.8, 4) is 5.69 Å². The van der Waals surface area contributed by atoms with Gasteiger partial charge < -0.3 is 18.8 Å². The summed E-state index contributed by atoms with van der Waals surface area (Å²) in [5.41, 5.74) is 25.7. The molecule has 2 aromatic heterocycles. The lowest BCUT2D eigenvalue weighted by molar-refractivity contribution is 0.573. The van der Waals surface area contributed by atoms with Crippen molar-refractivity contribution in [3.05, 3.63) is 214 Å². The third-order valence-corrected chi connectivity index (χ3v) is 15.2. The summed E-state index contributed by atoms with van der Waals surface area (Å²) < 4.78 is 8.97. The molecule has 0 fully saturated rings. The third kappa shape index (κ3) is 6.95. The second-order valence-electron chi connectivity index (χ2n) is 21.8. The van der Waals surface area contributed by atoms with Crippen LogP contribution in [-0.2, 0) is 10.8 Å². The van der Waals surface area contributed by atoms with Crippen LogP contribution in [0.25, 0.3) is 51.9 Å². The number of furan rings is 1. The average molecular weight is 924 g/mol. The molecule has 2 aliphatic heterocycles. The molecule has 0 aliphatic carbocycles. The summed E-state index contributed by atoms with van der Waals surface area (Å²) >= 11 is 0. The van der Waals surface area contributed by atoms with Crippen molar-refractivity contribution in [1.82, 2.24) is 4.57 Å². The van der Waals surface area contributed by atoms with E-state index in [9.17, 15) is 0 Å². The minimum atomic E-state index is -0.179. The molecule has 11 rings (SSSR count). The Bertz CT molecular complexity index is 3820. The van der Waals surface area contributed by atoms with Crippen molar-refractivity contribution in [2.45, 2.75) is 80.1 Å². The van der Waals surface area contributed by atoms with E-state index in [-0.39, 0.29) is 17.5 Å². The summed E-state index contributed by atoms with van der Waals surface area (Å²) in [5, 5.41) is 3.02. The molecular weight excluding hydrogens is 862 g/mol. The number of fused-ring (bicyclic) bond motifs is 6. The minimum absolute atomic E-state index is 0.0657. The molecule has 4 nitrogen and oxygen atoms in total. The van der Waals surface area contributed by atoms with E-state index in [1.54, 1.807) is 0 Å². The topological polar surface area (TPSA) is 24.6 Å². The molecule has 0 radical (unpaired) electrons. The van der Waals surface area contributed by atoms with Gasteiger partial charge in [-0.3, -0.25) is 0 Å². The van der Waals surface area contributed by atoms with Gasteiger partial charge in [0, 0.05) is 55.6 Å². The number of allylic oxidation sites excluding steroid dienone is 1. The molecule has 4 heterocycles. The first-order chi connectivity index (χ1) is 33.9. The largest absolute Gasteiger partial charge is 0.455 e. The van der Waals surface area contributed by atoms with Gasteiger partial charge in [0.1, 0.15) is 11.0 Å². The maximum atomic E-state index is 6.55. The number of nitrogens with zero attached hydrogens (tertiary/aromatic N) is 3. The van der Waals surface area contributed by atoms with Crippen molar-refractivity contribution < 1.29 is 4.42 Å². The van der Waals surface area contributed by atoms with Crippen LogP contribution in [0.5, 0.6) is 0 Å². The first-order valence-corrected chi connectivity index (χ1v) is 24.9. The highest BCUT2D eigenvalue weighted by molar-refractivity contribution is 7.00. The first kappa shape index (κ1) is 45.7. The van der Waals surface area contributed by atoms with Gasteiger partial charge in [-0.25, -0.2) is 0 Å². The van der Waals surface area contributed by atoms with Crippen LogP contribution in [-0.4, -0.2) is 11.3 Å². The van der Waals surface area contributed by atoms with Gasteiger partial charge >= 0.3 is 0 Å². The highest BCUT2D eigenvalue weighted by atomic mass is 16.3. The fourth-order valence-corrected chi connectivity index (χ4v) is 11.7. The number of hydrogen-bond acceptors (Lipinski definition) is 3. The monoisotopic (exact) mass is 923 g/mol. The van der Waals surface area contributed by atoms with Gasteiger partial charge in [-0.15, -0.1) is 0 Å². The summed E-state index contributed by atoms with van der Waals surface area (Å²) in [4.78, 5) is 5.13. The normalized spacial score (nSPS) is 13.6. The fourth-order valence-electron chi connectivity index (χ4n) is 11.7. The van der Waals surface area contributed by atoms with Crippen molar-refractivity contribution in [1.29, 1.82) is 0 Å². The molecule has 0 spiro atoms. The van der Waals surface area contributed by atoms with E-state index in [4.69, 9.17) is 4.42 Å². The molecule has 0 atom stereocenters. The molecule has 5 heteroatoms. The second kappa shape index (κ2) is 16.4. The van der Waals surface area contributed by atoms with Crippen molar-refractivity contribution >= 4 is 103 Å². The van der Waals surface area contributed by atoms with E-state index < -0.39 is 0 Å². The first-order valence-electron chi connectivity index (χ1n) is 24.9. The molecule has 0 N–H and O–H groups in total. The molecule has 0 saturated heterocycles. The van der Waals surface area contributed by atoms with Gasteiger partial charge in [0.25, 0.3) is 6.71 Å². The smallest absolute Gasteiger partial charge is 0.252 e. The molecule has 2 aliphatic rings. The maximum absolute atomic E-state index is 6.55. The Hall–Kier alpha value is -7.76. The second-order valence-corrected chi connectivity index (χ2v) is 21.8. The molecule has 9 aromatic rings. The minimum Gasteiger partial charge on any atom is -0.455 e. The van der Waals surface area contributed by atoms with E-state index in [1.165, 1.54) is 55.7 Å². The van der Waals surface area contributed by atoms with Crippen LogP contribution < -0.4 is 36.8 Å². The zero-order valence-corrected chi connectivity index (χ0v) is 43.0. The van der Waals surface area contributed by atoms with E-state index in [0.29, 0.717) is 0 Å². The van der Waals surface area contributed by atoms with Crippen LogP contribution in [0.2, 0.25) is 0 Å². The van der Waals surface area contributed by atoms with E-state index in [1.807, 2.05) is 36.4 Å². The van der Waals surface area contributed by atoms with E-state index in [2.05, 4.69) is 219 Å². The average Bonchev–Trinajstić information content (AvgIpc) is 3.83. The van der Waals surface area contributed by atoms with Crippen LogP contribution >= 0.6 is 0 Å². The van der Waals surface area contributed by atoms with Crippen LogP contribution in [0.3, 0.4) is 0 Å². The predicted molar refractivity (Wildman–Crippen MR) is 308 cm³/mol. The van der Waals surface area contributed by atoms with Crippen molar-refractivity contribution in [2.75, 3.05) is 9.80 Å². The Morgan fingerprint density at radius 2 is 1.18 bits per heavy atom. The molecule has 71 heavy (non-hydrogen) atoms.